The molecule has 0 aliphatic rings. The van der Waals surface area contributed by atoms with Crippen LogP contribution >= 0.6 is 60.2 Å². The van der Waals surface area contributed by atoms with E-state index >= 15 is 0 Å². The minimum Gasteiger partial charge on any atom is -0.506 e. The molecule has 0 amide bonds. The van der Waals surface area contributed by atoms with Crippen molar-refractivity contribution in [1.29, 1.82) is 0 Å². The topological polar surface area (TPSA) is 66.5 Å². The van der Waals surface area contributed by atoms with Crippen molar-refractivity contribution in [3.05, 3.63) is 25.0 Å². The Hall–Kier alpha value is 0.670. The summed E-state index contributed by atoms with van der Waals surface area (Å²) in [4.78, 5) is 0. The average molecular weight is 454 g/mol. The lowest BCUT2D eigenvalue weighted by molar-refractivity contribution is 0.140. The maximum absolute atomic E-state index is 9.76. The lowest BCUT2D eigenvalue weighted by Crippen LogP contribution is -2.26. The second kappa shape index (κ2) is 7.31. The second-order valence-corrected chi connectivity index (χ2v) is 5.92. The molecule has 2 atom stereocenters. The molecule has 0 bridgehead atoms. The summed E-state index contributed by atoms with van der Waals surface area (Å²) in [5.41, 5.74) is 6.60. The molecule has 0 spiro atoms. The number of aliphatic hydroxyl groups excluding tert-OH is 1. The highest BCUT2D eigenvalue weighted by molar-refractivity contribution is 9.11. The fourth-order valence-electron chi connectivity index (χ4n) is 1.35. The summed E-state index contributed by atoms with van der Waals surface area (Å²) < 4.78 is 1.80. The molecule has 1 aromatic carbocycles. The molecule has 0 fully saturated rings. The number of halogens is 4. The first kappa shape index (κ1) is 17.7. The van der Waals surface area contributed by atoms with Gasteiger partial charge in [-0.25, -0.2) is 0 Å². The fourth-order valence-corrected chi connectivity index (χ4v) is 4.00. The summed E-state index contributed by atoms with van der Waals surface area (Å²) in [6.45, 7) is 1.85. The molecule has 0 unspecified atom stereocenters. The largest absolute Gasteiger partial charge is 0.506 e. The molecule has 1 rings (SSSR count). The molecule has 0 radical (unpaired) electrons. The normalized spacial score (nSPS) is 14.0. The average Bonchev–Trinajstić information content (AvgIpc) is 2.24. The first-order valence-corrected chi connectivity index (χ1v) is 7.08. The van der Waals surface area contributed by atoms with Gasteiger partial charge in [0.1, 0.15) is 5.75 Å². The predicted molar refractivity (Wildman–Crippen MR) is 81.7 cm³/mol. The van der Waals surface area contributed by atoms with Gasteiger partial charge in [0.05, 0.1) is 21.1 Å². The van der Waals surface area contributed by atoms with Crippen LogP contribution < -0.4 is 5.73 Å². The Morgan fingerprint density at radius 1 is 1.29 bits per heavy atom. The van der Waals surface area contributed by atoms with E-state index in [1.165, 1.54) is 0 Å². The van der Waals surface area contributed by atoms with Gasteiger partial charge in [-0.2, -0.15) is 0 Å². The Balaban J connectivity index is 0.00000256. The summed E-state index contributed by atoms with van der Waals surface area (Å²) in [6, 6.07) is 1.16. The molecule has 0 heterocycles. The second-order valence-electron chi connectivity index (χ2n) is 3.42. The SMILES string of the molecule is CC[C@@H](O)[C@@H](N)c1c(Br)cc(Br)c(O)c1Br.Cl. The van der Waals surface area contributed by atoms with Crippen molar-refractivity contribution in [1.82, 2.24) is 0 Å². The minimum atomic E-state index is -0.645. The molecule has 0 saturated heterocycles. The summed E-state index contributed by atoms with van der Waals surface area (Å²) >= 11 is 9.87. The Bertz CT molecular complexity index is 404. The van der Waals surface area contributed by atoms with E-state index in [4.69, 9.17) is 5.73 Å². The minimum absolute atomic E-state index is 0. The van der Waals surface area contributed by atoms with Crippen molar-refractivity contribution >= 4 is 60.2 Å². The van der Waals surface area contributed by atoms with Crippen LogP contribution in [-0.4, -0.2) is 16.3 Å². The van der Waals surface area contributed by atoms with E-state index in [9.17, 15) is 10.2 Å². The van der Waals surface area contributed by atoms with Gasteiger partial charge in [-0.05, 0) is 44.3 Å². The van der Waals surface area contributed by atoms with Gasteiger partial charge in [0.2, 0.25) is 0 Å². The lowest BCUT2D eigenvalue weighted by Gasteiger charge is -2.21. The molecule has 0 aromatic heterocycles. The van der Waals surface area contributed by atoms with Crippen LogP contribution in [0.4, 0.5) is 0 Å². The van der Waals surface area contributed by atoms with Crippen molar-refractivity contribution in [3.63, 3.8) is 0 Å². The molecule has 0 aliphatic heterocycles. The number of nitrogens with two attached hydrogens (primary N) is 1. The highest BCUT2D eigenvalue weighted by Gasteiger charge is 2.23. The number of aromatic hydroxyl groups is 1. The summed E-state index contributed by atoms with van der Waals surface area (Å²) in [7, 11) is 0. The van der Waals surface area contributed by atoms with Crippen molar-refractivity contribution in [2.75, 3.05) is 0 Å². The Labute approximate surface area is 132 Å². The summed E-state index contributed by atoms with van der Waals surface area (Å²) in [6.07, 6.45) is -0.0928. The van der Waals surface area contributed by atoms with Crippen LogP contribution in [0.2, 0.25) is 0 Å². The zero-order valence-corrected chi connectivity index (χ0v) is 14.5. The van der Waals surface area contributed by atoms with Crippen LogP contribution in [0.25, 0.3) is 0 Å². The van der Waals surface area contributed by atoms with Gasteiger partial charge < -0.3 is 15.9 Å². The number of rotatable bonds is 3. The van der Waals surface area contributed by atoms with E-state index in [1.54, 1.807) is 6.07 Å². The molecule has 4 N–H and O–H groups in total. The molecule has 98 valence electrons. The van der Waals surface area contributed by atoms with Crippen molar-refractivity contribution < 1.29 is 10.2 Å². The number of phenols is 1. The van der Waals surface area contributed by atoms with E-state index in [2.05, 4.69) is 47.8 Å². The summed E-state index contributed by atoms with van der Waals surface area (Å²) in [5, 5.41) is 19.5. The van der Waals surface area contributed by atoms with Gasteiger partial charge in [0, 0.05) is 10.0 Å². The fraction of sp³-hybridized carbons (Fsp3) is 0.400. The van der Waals surface area contributed by atoms with Crippen LogP contribution in [0, 0.1) is 0 Å². The molecule has 3 nitrogen and oxygen atoms in total. The molecule has 17 heavy (non-hydrogen) atoms. The van der Waals surface area contributed by atoms with E-state index in [1.807, 2.05) is 6.92 Å². The maximum Gasteiger partial charge on any atom is 0.144 e. The van der Waals surface area contributed by atoms with E-state index in [0.717, 1.165) is 4.47 Å². The molecule has 7 heteroatoms. The van der Waals surface area contributed by atoms with Crippen molar-refractivity contribution in [2.24, 2.45) is 5.73 Å². The Morgan fingerprint density at radius 3 is 2.29 bits per heavy atom. The van der Waals surface area contributed by atoms with Crippen molar-refractivity contribution in [2.45, 2.75) is 25.5 Å². The monoisotopic (exact) mass is 451 g/mol. The van der Waals surface area contributed by atoms with Gasteiger partial charge in [-0.15, -0.1) is 12.4 Å². The van der Waals surface area contributed by atoms with Gasteiger partial charge in [-0.1, -0.05) is 22.9 Å². The van der Waals surface area contributed by atoms with Crippen LogP contribution in [-0.2, 0) is 0 Å². The molecule has 0 aliphatic carbocycles. The van der Waals surface area contributed by atoms with Gasteiger partial charge in [0.15, 0.2) is 0 Å². The Kier molecular flexibility index (Phi) is 7.59. The van der Waals surface area contributed by atoms with E-state index in [-0.39, 0.29) is 18.2 Å². The molecular formula is C10H13Br3ClNO2. The van der Waals surface area contributed by atoms with Gasteiger partial charge in [0.25, 0.3) is 0 Å². The van der Waals surface area contributed by atoms with E-state index in [0.29, 0.717) is 20.9 Å². The molecular weight excluding hydrogens is 441 g/mol. The highest BCUT2D eigenvalue weighted by atomic mass is 79.9. The number of benzene rings is 1. The maximum atomic E-state index is 9.76. The van der Waals surface area contributed by atoms with Crippen LogP contribution in [0.5, 0.6) is 5.75 Å². The van der Waals surface area contributed by atoms with Gasteiger partial charge in [-0.3, -0.25) is 0 Å². The molecule has 1 aromatic rings. The smallest absolute Gasteiger partial charge is 0.144 e. The standard InChI is InChI=1S/C10H12Br3NO2.ClH/c1-2-6(15)9(14)7-4(11)3-5(12)10(16)8(7)13;/h3,6,9,15-16H,2,14H2,1H3;1H/t6-,9-;/m1./s1. The van der Waals surface area contributed by atoms with Crippen LogP contribution in [0.15, 0.2) is 19.5 Å². The third-order valence-corrected chi connectivity index (χ3v) is 4.41. The third kappa shape index (κ3) is 3.81. The quantitative estimate of drug-likeness (QED) is 0.650. The predicted octanol–water partition coefficient (Wildman–Crippen LogP) is 3.87. The molecule has 0 saturated carbocycles. The van der Waals surface area contributed by atoms with Crippen molar-refractivity contribution in [3.8, 4) is 5.75 Å². The Morgan fingerprint density at radius 2 is 1.82 bits per heavy atom. The number of hydrogen-bond donors (Lipinski definition) is 3. The first-order valence-electron chi connectivity index (χ1n) is 4.70. The van der Waals surface area contributed by atoms with Gasteiger partial charge >= 0.3 is 0 Å². The van der Waals surface area contributed by atoms with E-state index < -0.39 is 12.1 Å². The number of phenolic OH excluding ortho intramolecular Hbond substituents is 1. The zero-order valence-electron chi connectivity index (χ0n) is 8.95. The highest BCUT2D eigenvalue weighted by Crippen LogP contribution is 2.42. The third-order valence-electron chi connectivity index (χ3n) is 2.35. The van der Waals surface area contributed by atoms with Crippen LogP contribution in [0.3, 0.4) is 0 Å². The van der Waals surface area contributed by atoms with Crippen LogP contribution in [0.1, 0.15) is 24.9 Å². The number of hydrogen-bond acceptors (Lipinski definition) is 3. The summed E-state index contributed by atoms with van der Waals surface area (Å²) in [5.74, 6) is 0.0805. The first-order chi connectivity index (χ1) is 7.40. The lowest BCUT2D eigenvalue weighted by atomic mass is 10.0. The number of aliphatic hydroxyl groups is 1. The zero-order chi connectivity index (χ0) is 12.5.